The molecule has 51 heavy (non-hydrogen) atoms. The molecule has 254 valence electrons. The maximum absolute atomic E-state index is 14.6. The first kappa shape index (κ1) is 32.6. The van der Waals surface area contributed by atoms with Crippen LogP contribution in [0.2, 0.25) is 10.0 Å². The number of halogens is 2. The summed E-state index contributed by atoms with van der Waals surface area (Å²) >= 11 is 12.8. The molecule has 4 aromatic carbocycles. The maximum Gasteiger partial charge on any atom is 0.272 e. The van der Waals surface area contributed by atoms with Gasteiger partial charge in [-0.2, -0.15) is 0 Å². The number of aromatic amines is 1. The highest BCUT2D eigenvalue weighted by Crippen LogP contribution is 2.42. The zero-order valence-corrected chi connectivity index (χ0v) is 29.4. The summed E-state index contributed by atoms with van der Waals surface area (Å²) in [5.74, 6) is 0.450. The number of rotatable bonds is 8. The third-order valence-electron chi connectivity index (χ3n) is 9.57. The summed E-state index contributed by atoms with van der Waals surface area (Å²) in [5.41, 5.74) is 7.30. The smallest absolute Gasteiger partial charge is 0.272 e. The van der Waals surface area contributed by atoms with Crippen LogP contribution in [-0.2, 0) is 0 Å². The van der Waals surface area contributed by atoms with Crippen molar-refractivity contribution in [2.75, 3.05) is 41.3 Å². The Morgan fingerprint density at radius 1 is 0.784 bits per heavy atom. The molecule has 1 atom stereocenters. The number of amides is 1. The predicted molar refractivity (Wildman–Crippen MR) is 208 cm³/mol. The van der Waals surface area contributed by atoms with Gasteiger partial charge in [0, 0.05) is 70.1 Å². The molecular formula is C41H35Cl2N7O. The lowest BCUT2D eigenvalue weighted by atomic mass is 9.99. The van der Waals surface area contributed by atoms with Gasteiger partial charge in [0.25, 0.3) is 5.91 Å². The van der Waals surface area contributed by atoms with Gasteiger partial charge in [0.15, 0.2) is 5.82 Å². The van der Waals surface area contributed by atoms with E-state index in [9.17, 15) is 4.79 Å². The molecule has 1 saturated heterocycles. The highest BCUT2D eigenvalue weighted by Gasteiger charge is 2.29. The first-order valence-corrected chi connectivity index (χ1v) is 17.7. The monoisotopic (exact) mass is 711 g/mol. The lowest BCUT2D eigenvalue weighted by molar-refractivity contribution is 0.102. The minimum atomic E-state index is -0.291. The van der Waals surface area contributed by atoms with Crippen LogP contribution in [0.4, 0.5) is 17.2 Å². The number of carbonyl (C=O) groups is 1. The molecule has 0 saturated carbocycles. The SMILES string of the molecule is C[C@@H](c1ccc(Cl)cc1)n1cnc(-c2ccccc2)c1-c1c(C(=O)Nc2cccnc2N2CCN(c3ccccc3)CC2)[nH]c2cc(Cl)ccc12. The van der Waals surface area contributed by atoms with Crippen LogP contribution in [0.3, 0.4) is 0 Å². The quantitative estimate of drug-likeness (QED) is 0.164. The van der Waals surface area contributed by atoms with Crippen LogP contribution >= 0.6 is 23.2 Å². The predicted octanol–water partition coefficient (Wildman–Crippen LogP) is 9.59. The fourth-order valence-electron chi connectivity index (χ4n) is 6.94. The Morgan fingerprint density at radius 3 is 2.22 bits per heavy atom. The highest BCUT2D eigenvalue weighted by atomic mass is 35.5. The number of H-pyrrole nitrogens is 1. The highest BCUT2D eigenvalue weighted by molar-refractivity contribution is 6.31. The lowest BCUT2D eigenvalue weighted by Gasteiger charge is -2.37. The number of para-hydroxylation sites is 1. The van der Waals surface area contributed by atoms with Gasteiger partial charge < -0.3 is 24.7 Å². The Labute approximate surface area is 306 Å². The number of aromatic nitrogens is 4. The number of piperazine rings is 1. The summed E-state index contributed by atoms with van der Waals surface area (Å²) in [6.07, 6.45) is 3.62. The summed E-state index contributed by atoms with van der Waals surface area (Å²) in [6.45, 7) is 5.35. The van der Waals surface area contributed by atoms with Crippen molar-refractivity contribution in [3.63, 3.8) is 0 Å². The number of imidazole rings is 1. The molecule has 8 nitrogen and oxygen atoms in total. The van der Waals surface area contributed by atoms with Crippen LogP contribution < -0.4 is 15.1 Å². The molecule has 0 unspecified atom stereocenters. The topological polar surface area (TPSA) is 82.1 Å². The molecule has 7 aromatic rings. The molecule has 0 radical (unpaired) electrons. The van der Waals surface area contributed by atoms with Crippen molar-refractivity contribution >= 4 is 57.2 Å². The van der Waals surface area contributed by atoms with Crippen LogP contribution in [0, 0.1) is 0 Å². The number of hydrogen-bond donors (Lipinski definition) is 2. The van der Waals surface area contributed by atoms with E-state index in [-0.39, 0.29) is 11.9 Å². The average molecular weight is 713 g/mol. The van der Waals surface area contributed by atoms with E-state index in [1.165, 1.54) is 5.69 Å². The number of anilines is 3. The first-order valence-electron chi connectivity index (χ1n) is 16.9. The summed E-state index contributed by atoms with van der Waals surface area (Å²) < 4.78 is 2.13. The fourth-order valence-corrected chi connectivity index (χ4v) is 7.24. The molecule has 1 amide bonds. The third kappa shape index (κ3) is 6.44. The van der Waals surface area contributed by atoms with Gasteiger partial charge >= 0.3 is 0 Å². The van der Waals surface area contributed by atoms with E-state index in [0.717, 1.165) is 71.0 Å². The molecule has 10 heteroatoms. The number of hydrogen-bond acceptors (Lipinski definition) is 5. The Morgan fingerprint density at radius 2 is 1.47 bits per heavy atom. The molecule has 1 fully saturated rings. The van der Waals surface area contributed by atoms with Crippen molar-refractivity contribution in [1.29, 1.82) is 0 Å². The van der Waals surface area contributed by atoms with Crippen LogP contribution in [0.1, 0.15) is 29.0 Å². The van der Waals surface area contributed by atoms with Crippen molar-refractivity contribution in [2.45, 2.75) is 13.0 Å². The van der Waals surface area contributed by atoms with Crippen molar-refractivity contribution in [3.05, 3.63) is 149 Å². The zero-order chi connectivity index (χ0) is 34.9. The van der Waals surface area contributed by atoms with Crippen LogP contribution in [0.25, 0.3) is 33.4 Å². The largest absolute Gasteiger partial charge is 0.368 e. The Hall–Kier alpha value is -5.57. The molecule has 0 spiro atoms. The number of benzene rings is 4. The molecular weight excluding hydrogens is 677 g/mol. The molecule has 1 aliphatic heterocycles. The summed E-state index contributed by atoms with van der Waals surface area (Å²) in [7, 11) is 0. The number of fused-ring (bicyclic) bond motifs is 1. The lowest BCUT2D eigenvalue weighted by Crippen LogP contribution is -2.47. The number of pyridine rings is 1. The van der Waals surface area contributed by atoms with E-state index >= 15 is 0 Å². The fraction of sp³-hybridized carbons (Fsp3) is 0.146. The standard InChI is InChI=1S/C41H35Cl2N7O/c1-27(28-14-16-30(42)17-15-28)50-26-45-37(29-9-4-2-5-10-29)39(50)36-33-19-18-31(43)25-35(33)46-38(36)41(51)47-34-13-8-20-44-40(34)49-23-21-48(22-24-49)32-11-6-3-7-12-32/h2-20,25-27,46H,21-24H2,1H3,(H,47,51)/t27-/m0/s1. The zero-order valence-electron chi connectivity index (χ0n) is 27.9. The van der Waals surface area contributed by atoms with E-state index in [2.05, 4.69) is 55.9 Å². The van der Waals surface area contributed by atoms with E-state index in [1.807, 2.05) is 97.3 Å². The van der Waals surface area contributed by atoms with E-state index in [1.54, 1.807) is 6.20 Å². The Balaban J connectivity index is 1.20. The first-order chi connectivity index (χ1) is 24.9. The molecule has 0 bridgehead atoms. The van der Waals surface area contributed by atoms with Gasteiger partial charge in [-0.25, -0.2) is 9.97 Å². The molecule has 2 N–H and O–H groups in total. The number of nitrogens with one attached hydrogen (secondary N) is 2. The van der Waals surface area contributed by atoms with Crippen molar-refractivity contribution in [2.24, 2.45) is 0 Å². The summed E-state index contributed by atoms with van der Waals surface area (Å²) in [6, 6.07) is 37.6. The van der Waals surface area contributed by atoms with Crippen molar-refractivity contribution < 1.29 is 4.79 Å². The second-order valence-corrected chi connectivity index (χ2v) is 13.5. The summed E-state index contributed by atoms with van der Waals surface area (Å²) in [4.78, 5) is 32.4. The van der Waals surface area contributed by atoms with Gasteiger partial charge in [-0.05, 0) is 61.0 Å². The minimum absolute atomic E-state index is 0.130. The Kier molecular flexibility index (Phi) is 8.94. The average Bonchev–Trinajstić information content (AvgIpc) is 3.77. The van der Waals surface area contributed by atoms with Gasteiger partial charge in [0.2, 0.25) is 0 Å². The van der Waals surface area contributed by atoms with Crippen LogP contribution in [-0.4, -0.2) is 51.6 Å². The van der Waals surface area contributed by atoms with Crippen molar-refractivity contribution in [1.82, 2.24) is 19.5 Å². The molecule has 1 aliphatic rings. The normalized spacial score (nSPS) is 13.8. The second-order valence-electron chi connectivity index (χ2n) is 12.6. The number of nitrogens with zero attached hydrogens (tertiary/aromatic N) is 5. The maximum atomic E-state index is 14.6. The van der Waals surface area contributed by atoms with Gasteiger partial charge in [-0.3, -0.25) is 4.79 Å². The number of carbonyl (C=O) groups excluding carboxylic acids is 1. The van der Waals surface area contributed by atoms with Gasteiger partial charge in [-0.15, -0.1) is 0 Å². The summed E-state index contributed by atoms with van der Waals surface area (Å²) in [5, 5.41) is 5.32. The minimum Gasteiger partial charge on any atom is -0.368 e. The molecule has 3 aromatic heterocycles. The van der Waals surface area contributed by atoms with Gasteiger partial charge in [-0.1, -0.05) is 89.9 Å². The van der Waals surface area contributed by atoms with E-state index < -0.39 is 0 Å². The molecule has 8 rings (SSSR count). The molecule has 4 heterocycles. The van der Waals surface area contributed by atoms with Gasteiger partial charge in [0.1, 0.15) is 5.69 Å². The third-order valence-corrected chi connectivity index (χ3v) is 10.1. The van der Waals surface area contributed by atoms with E-state index in [4.69, 9.17) is 33.2 Å². The van der Waals surface area contributed by atoms with Crippen LogP contribution in [0.15, 0.2) is 128 Å². The Bertz CT molecular complexity index is 2310. The van der Waals surface area contributed by atoms with Crippen LogP contribution in [0.5, 0.6) is 0 Å². The second kappa shape index (κ2) is 14.0. The van der Waals surface area contributed by atoms with Crippen molar-refractivity contribution in [3.8, 4) is 22.5 Å². The van der Waals surface area contributed by atoms with E-state index in [0.29, 0.717) is 21.4 Å². The molecule has 0 aliphatic carbocycles. The van der Waals surface area contributed by atoms with Gasteiger partial charge in [0.05, 0.1) is 29.4 Å².